The zero-order valence-corrected chi connectivity index (χ0v) is 17.7. The number of nitrogens with two attached hydrogens (primary N) is 1. The highest BCUT2D eigenvalue weighted by Gasteiger charge is 2.42. The number of hydrogen-bond acceptors (Lipinski definition) is 4. The van der Waals surface area contributed by atoms with Crippen molar-refractivity contribution in [3.8, 4) is 0 Å². The molecule has 0 atom stereocenters. The summed E-state index contributed by atoms with van der Waals surface area (Å²) in [6, 6.07) is 0. The van der Waals surface area contributed by atoms with Crippen LogP contribution in [-0.4, -0.2) is 35.7 Å². The third-order valence-electron chi connectivity index (χ3n) is 4.03. The van der Waals surface area contributed by atoms with E-state index in [-0.39, 0.29) is 16.9 Å². The average Bonchev–Trinajstić information content (AvgIpc) is 2.32. The van der Waals surface area contributed by atoms with E-state index in [4.69, 9.17) is 15.2 Å². The van der Waals surface area contributed by atoms with Crippen molar-refractivity contribution in [2.75, 3.05) is 13.2 Å². The Morgan fingerprint density at radius 2 is 1.46 bits per heavy atom. The zero-order chi connectivity index (χ0) is 19.4. The van der Waals surface area contributed by atoms with Gasteiger partial charge >= 0.3 is 0 Å². The molecule has 0 aliphatic heterocycles. The van der Waals surface area contributed by atoms with E-state index in [2.05, 4.69) is 27.7 Å². The lowest BCUT2D eigenvalue weighted by molar-refractivity contribution is -0.153. The highest BCUT2D eigenvalue weighted by Crippen LogP contribution is 2.33. The Kier molecular flexibility index (Phi) is 8.13. The molecule has 2 N–H and O–H groups in total. The van der Waals surface area contributed by atoms with Crippen molar-refractivity contribution in [2.24, 2.45) is 17.1 Å². The van der Waals surface area contributed by atoms with Crippen molar-refractivity contribution >= 4 is 5.78 Å². The highest BCUT2D eigenvalue weighted by molar-refractivity contribution is 5.91. The summed E-state index contributed by atoms with van der Waals surface area (Å²) in [6.07, 6.45) is 1.37. The van der Waals surface area contributed by atoms with Gasteiger partial charge in [-0.2, -0.15) is 0 Å². The molecule has 0 unspecified atom stereocenters. The fraction of sp³-hybridized carbons (Fsp3) is 0.950. The summed E-state index contributed by atoms with van der Waals surface area (Å²) in [7, 11) is 0. The summed E-state index contributed by atoms with van der Waals surface area (Å²) in [5.74, 6) is 0.595. The second-order valence-corrected chi connectivity index (χ2v) is 9.95. The molecule has 24 heavy (non-hydrogen) atoms. The van der Waals surface area contributed by atoms with Crippen LogP contribution in [0.1, 0.15) is 82.1 Å². The van der Waals surface area contributed by atoms with Crippen LogP contribution in [0.25, 0.3) is 0 Å². The van der Waals surface area contributed by atoms with Gasteiger partial charge in [-0.25, -0.2) is 0 Å². The Hall–Kier alpha value is -0.450. The van der Waals surface area contributed by atoms with Crippen molar-refractivity contribution in [1.29, 1.82) is 0 Å². The molecule has 0 rings (SSSR count). The van der Waals surface area contributed by atoms with Gasteiger partial charge in [0.15, 0.2) is 5.78 Å². The van der Waals surface area contributed by atoms with E-state index in [0.717, 1.165) is 13.0 Å². The first-order valence-electron chi connectivity index (χ1n) is 9.10. The van der Waals surface area contributed by atoms with Crippen LogP contribution in [0.2, 0.25) is 0 Å². The van der Waals surface area contributed by atoms with Crippen LogP contribution in [0.3, 0.4) is 0 Å². The topological polar surface area (TPSA) is 61.5 Å². The monoisotopic (exact) mass is 343 g/mol. The van der Waals surface area contributed by atoms with Gasteiger partial charge in [-0.1, -0.05) is 27.7 Å². The molecular weight excluding hydrogens is 302 g/mol. The molecule has 0 radical (unpaired) electrons. The zero-order valence-electron chi connectivity index (χ0n) is 17.7. The van der Waals surface area contributed by atoms with E-state index in [1.54, 1.807) is 0 Å². The second-order valence-electron chi connectivity index (χ2n) is 9.95. The largest absolute Gasteiger partial charge is 0.375 e. The molecule has 0 aromatic rings. The molecule has 0 spiro atoms. The van der Waals surface area contributed by atoms with Gasteiger partial charge in [0.25, 0.3) is 0 Å². The first kappa shape index (κ1) is 23.5. The van der Waals surface area contributed by atoms with E-state index in [9.17, 15) is 4.79 Å². The quantitative estimate of drug-likeness (QED) is 0.606. The first-order chi connectivity index (χ1) is 10.5. The Bertz CT molecular complexity index is 404. The van der Waals surface area contributed by atoms with Gasteiger partial charge in [0.1, 0.15) is 5.60 Å². The van der Waals surface area contributed by atoms with E-state index in [0.29, 0.717) is 18.9 Å². The van der Waals surface area contributed by atoms with Gasteiger partial charge in [0.2, 0.25) is 0 Å². The summed E-state index contributed by atoms with van der Waals surface area (Å²) in [4.78, 5) is 12.9. The summed E-state index contributed by atoms with van der Waals surface area (Å²) in [5, 5.41) is 0. The summed E-state index contributed by atoms with van der Waals surface area (Å²) in [6.45, 7) is 21.1. The molecule has 4 nitrogen and oxygen atoms in total. The number of hydrogen-bond donors (Lipinski definition) is 1. The summed E-state index contributed by atoms with van der Waals surface area (Å²) >= 11 is 0. The lowest BCUT2D eigenvalue weighted by Gasteiger charge is -2.37. The Balaban J connectivity index is 4.66. The van der Waals surface area contributed by atoms with Gasteiger partial charge in [-0.3, -0.25) is 4.79 Å². The summed E-state index contributed by atoms with van der Waals surface area (Å²) in [5.41, 5.74) is 4.12. The lowest BCUT2D eigenvalue weighted by Crippen LogP contribution is -2.49. The molecule has 0 aromatic heterocycles. The van der Waals surface area contributed by atoms with Crippen LogP contribution in [-0.2, 0) is 14.3 Å². The van der Waals surface area contributed by atoms with Crippen molar-refractivity contribution in [1.82, 2.24) is 0 Å². The normalized spacial score (nSPS) is 14.3. The molecule has 0 saturated carbocycles. The summed E-state index contributed by atoms with van der Waals surface area (Å²) < 4.78 is 11.9. The van der Waals surface area contributed by atoms with Crippen molar-refractivity contribution in [3.63, 3.8) is 0 Å². The van der Waals surface area contributed by atoms with Crippen LogP contribution in [0, 0.1) is 11.3 Å². The highest BCUT2D eigenvalue weighted by atomic mass is 16.5. The first-order valence-corrected chi connectivity index (χ1v) is 9.10. The van der Waals surface area contributed by atoms with Crippen LogP contribution >= 0.6 is 0 Å². The number of carbonyl (C=O) groups excluding carboxylic acids is 1. The Morgan fingerprint density at radius 1 is 0.958 bits per heavy atom. The molecule has 0 heterocycles. The maximum absolute atomic E-state index is 12.9. The van der Waals surface area contributed by atoms with Crippen LogP contribution in [0.4, 0.5) is 0 Å². The average molecular weight is 344 g/mol. The van der Waals surface area contributed by atoms with Crippen LogP contribution in [0.5, 0.6) is 0 Å². The van der Waals surface area contributed by atoms with E-state index in [1.807, 2.05) is 41.5 Å². The predicted molar refractivity (Wildman–Crippen MR) is 101 cm³/mol. The minimum atomic E-state index is -0.830. The Labute approximate surface area is 149 Å². The molecular formula is C20H41NO3. The van der Waals surface area contributed by atoms with Crippen molar-refractivity contribution < 1.29 is 14.3 Å². The molecule has 0 saturated heterocycles. The van der Waals surface area contributed by atoms with Crippen LogP contribution < -0.4 is 5.73 Å². The molecule has 0 amide bonds. The van der Waals surface area contributed by atoms with E-state index in [1.165, 1.54) is 0 Å². The van der Waals surface area contributed by atoms with Crippen molar-refractivity contribution in [2.45, 2.75) is 98.8 Å². The SMILES string of the molecule is CC(C)COC(C)(C)CCOC(C)(C)C(=O)C(C)(C)CC(C)(C)N. The minimum absolute atomic E-state index is 0.0921. The molecule has 4 heteroatoms. The maximum atomic E-state index is 12.9. The van der Waals surface area contributed by atoms with Gasteiger partial charge in [0.05, 0.1) is 12.2 Å². The molecule has 0 aliphatic carbocycles. The molecule has 144 valence electrons. The number of Topliss-reactive ketones (excluding diaryl/α,β-unsaturated/α-hetero) is 1. The number of carbonyl (C=O) groups is 1. The maximum Gasteiger partial charge on any atom is 0.169 e. The number of rotatable bonds is 11. The smallest absolute Gasteiger partial charge is 0.169 e. The molecule has 0 aromatic carbocycles. The van der Waals surface area contributed by atoms with Gasteiger partial charge in [0, 0.05) is 17.6 Å². The molecule has 0 bridgehead atoms. The van der Waals surface area contributed by atoms with E-state index < -0.39 is 11.0 Å². The fourth-order valence-electron chi connectivity index (χ4n) is 3.12. The fourth-order valence-corrected chi connectivity index (χ4v) is 3.12. The number of ketones is 1. The third-order valence-corrected chi connectivity index (χ3v) is 4.03. The lowest BCUT2D eigenvalue weighted by atomic mass is 9.73. The van der Waals surface area contributed by atoms with Crippen molar-refractivity contribution in [3.05, 3.63) is 0 Å². The number of ether oxygens (including phenoxy) is 2. The van der Waals surface area contributed by atoms with E-state index >= 15 is 0 Å². The second kappa shape index (κ2) is 8.29. The van der Waals surface area contributed by atoms with Gasteiger partial charge in [-0.05, 0) is 60.3 Å². The Morgan fingerprint density at radius 3 is 1.88 bits per heavy atom. The van der Waals surface area contributed by atoms with Crippen LogP contribution in [0.15, 0.2) is 0 Å². The molecule has 0 fully saturated rings. The minimum Gasteiger partial charge on any atom is -0.375 e. The third kappa shape index (κ3) is 9.14. The van der Waals surface area contributed by atoms with Gasteiger partial charge < -0.3 is 15.2 Å². The standard InChI is InChI=1S/C20H41NO3/c1-15(2)13-24-19(7,8)11-12-23-20(9,10)16(22)17(3,4)14-18(5,6)21/h15H,11-14,21H2,1-10H3. The predicted octanol–water partition coefficient (Wildman–Crippen LogP) is 4.35. The molecule has 0 aliphatic rings. The van der Waals surface area contributed by atoms with Gasteiger partial charge in [-0.15, -0.1) is 0 Å².